The Morgan fingerprint density at radius 2 is 2.16 bits per heavy atom. The molecule has 0 aliphatic heterocycles. The van der Waals surface area contributed by atoms with E-state index in [1.54, 1.807) is 0 Å². The predicted octanol–water partition coefficient (Wildman–Crippen LogP) is 2.32. The lowest BCUT2D eigenvalue weighted by Crippen LogP contribution is -2.22. The molecule has 0 fully saturated rings. The number of anilines is 2. The van der Waals surface area contributed by atoms with Gasteiger partial charge in [-0.3, -0.25) is 0 Å². The van der Waals surface area contributed by atoms with E-state index in [0.29, 0.717) is 11.8 Å². The molecule has 0 aliphatic carbocycles. The Labute approximate surface area is 147 Å². The van der Waals surface area contributed by atoms with Gasteiger partial charge in [0.1, 0.15) is 22.7 Å². The Balaban J connectivity index is 2.26. The second kappa shape index (κ2) is 7.91. The predicted molar refractivity (Wildman–Crippen MR) is 82.0 cm³/mol. The average molecular weight is 397 g/mol. The van der Waals surface area contributed by atoms with E-state index in [1.165, 1.54) is 25.4 Å². The maximum Gasteiger partial charge on any atom is 0.421 e. The molecule has 2 aromatic heterocycles. The lowest BCUT2D eigenvalue weighted by atomic mass is 10.2. The molecular formula is C12H10ClF3N5O3S-. The van der Waals surface area contributed by atoms with Crippen molar-refractivity contribution in [3.05, 3.63) is 40.9 Å². The summed E-state index contributed by atoms with van der Waals surface area (Å²) in [5, 5.41) is 3.00. The number of hydroxylamine groups is 1. The Morgan fingerprint density at radius 3 is 2.80 bits per heavy atom. The molecule has 0 saturated carbocycles. The first-order valence-corrected chi connectivity index (χ1v) is 7.85. The first kappa shape index (κ1) is 19.3. The van der Waals surface area contributed by atoms with Crippen LogP contribution in [-0.2, 0) is 28.4 Å². The van der Waals surface area contributed by atoms with E-state index in [0.717, 1.165) is 5.06 Å². The highest BCUT2D eigenvalue weighted by Gasteiger charge is 2.35. The smallest absolute Gasteiger partial charge is 0.421 e. The molecule has 0 spiro atoms. The van der Waals surface area contributed by atoms with Gasteiger partial charge >= 0.3 is 6.18 Å². The summed E-state index contributed by atoms with van der Waals surface area (Å²) in [5.74, 6) is -0.425. The third-order valence-electron chi connectivity index (χ3n) is 2.85. The minimum Gasteiger partial charge on any atom is -0.748 e. The quantitative estimate of drug-likeness (QED) is 0.451. The van der Waals surface area contributed by atoms with Crippen molar-refractivity contribution in [1.82, 2.24) is 15.0 Å². The summed E-state index contributed by atoms with van der Waals surface area (Å²) >= 11 is 2.71. The van der Waals surface area contributed by atoms with Crippen LogP contribution < -0.4 is 10.4 Å². The van der Waals surface area contributed by atoms with Crippen LogP contribution in [0.15, 0.2) is 24.5 Å². The summed E-state index contributed by atoms with van der Waals surface area (Å²) in [4.78, 5) is 10.8. The zero-order chi connectivity index (χ0) is 18.6. The molecule has 136 valence electrons. The molecule has 25 heavy (non-hydrogen) atoms. The van der Waals surface area contributed by atoms with Crippen LogP contribution in [0.4, 0.5) is 24.8 Å². The van der Waals surface area contributed by atoms with Crippen molar-refractivity contribution in [3.63, 3.8) is 0 Å². The summed E-state index contributed by atoms with van der Waals surface area (Å²) in [7, 11) is 1.28. The van der Waals surface area contributed by atoms with Gasteiger partial charge in [-0.15, -0.1) is 0 Å². The van der Waals surface area contributed by atoms with E-state index in [9.17, 15) is 21.9 Å². The molecular weight excluding hydrogens is 387 g/mol. The van der Waals surface area contributed by atoms with Gasteiger partial charge in [0.05, 0.1) is 0 Å². The Kier molecular flexibility index (Phi) is 6.11. The van der Waals surface area contributed by atoms with Crippen LogP contribution in [0.25, 0.3) is 0 Å². The molecule has 0 saturated heterocycles. The maximum absolute atomic E-state index is 13.0. The van der Waals surface area contributed by atoms with Crippen molar-refractivity contribution in [2.45, 2.75) is 12.7 Å². The molecule has 2 heterocycles. The Hall–Kier alpha value is -2.02. The standard InChI is InChI=1S/C12H11ClF3N5O3S/c1-21(24-25(22)23)10-7(3-2-4-17-10)5-18-9-8(12(14,15)16)6-19-11(13)20-9/h2-4,6H,5H2,1H3,(H,22,23)(H,18,19,20)/p-1. The summed E-state index contributed by atoms with van der Waals surface area (Å²) < 4.78 is 64.6. The number of hydrogen-bond donors (Lipinski definition) is 1. The second-order valence-electron chi connectivity index (χ2n) is 4.51. The number of halogens is 4. The van der Waals surface area contributed by atoms with Crippen LogP contribution in [0.2, 0.25) is 5.28 Å². The molecule has 0 amide bonds. The Bertz CT molecular complexity index is 780. The van der Waals surface area contributed by atoms with Crippen molar-refractivity contribution in [2.24, 2.45) is 0 Å². The third kappa shape index (κ3) is 5.22. The first-order valence-electron chi connectivity index (χ1n) is 6.47. The lowest BCUT2D eigenvalue weighted by Gasteiger charge is -2.21. The highest BCUT2D eigenvalue weighted by molar-refractivity contribution is 7.74. The van der Waals surface area contributed by atoms with Crippen LogP contribution >= 0.6 is 11.6 Å². The number of rotatable bonds is 6. The normalized spacial score (nSPS) is 12.7. The van der Waals surface area contributed by atoms with Gasteiger partial charge in [0.2, 0.25) is 5.28 Å². The molecule has 2 aromatic rings. The molecule has 0 radical (unpaired) electrons. The van der Waals surface area contributed by atoms with E-state index in [-0.39, 0.29) is 17.6 Å². The summed E-state index contributed by atoms with van der Waals surface area (Å²) in [5.41, 5.74) is -0.731. The van der Waals surface area contributed by atoms with E-state index in [1.807, 2.05) is 0 Å². The van der Waals surface area contributed by atoms with Gasteiger partial charge in [-0.1, -0.05) is 6.07 Å². The van der Waals surface area contributed by atoms with Gasteiger partial charge in [-0.2, -0.15) is 17.5 Å². The van der Waals surface area contributed by atoms with Crippen molar-refractivity contribution in [3.8, 4) is 0 Å². The maximum atomic E-state index is 13.0. The third-order valence-corrected chi connectivity index (χ3v) is 3.38. The van der Waals surface area contributed by atoms with Crippen molar-refractivity contribution in [2.75, 3.05) is 17.4 Å². The molecule has 0 aliphatic rings. The van der Waals surface area contributed by atoms with Gasteiger partial charge < -0.3 is 9.87 Å². The number of aromatic nitrogens is 3. The van der Waals surface area contributed by atoms with Crippen LogP contribution in [0, 0.1) is 0 Å². The van der Waals surface area contributed by atoms with Crippen molar-refractivity contribution in [1.29, 1.82) is 0 Å². The molecule has 1 N–H and O–H groups in total. The molecule has 8 nitrogen and oxygen atoms in total. The number of hydrogen-bond acceptors (Lipinski definition) is 8. The zero-order valence-electron chi connectivity index (χ0n) is 12.5. The van der Waals surface area contributed by atoms with E-state index in [4.69, 9.17) is 11.6 Å². The van der Waals surface area contributed by atoms with Gasteiger partial charge in [0.15, 0.2) is 5.82 Å². The minimum absolute atomic E-state index is 0.0907. The van der Waals surface area contributed by atoms with Crippen LogP contribution in [0.3, 0.4) is 0 Å². The second-order valence-corrected chi connectivity index (χ2v) is 5.41. The van der Waals surface area contributed by atoms with E-state index >= 15 is 0 Å². The molecule has 0 aromatic carbocycles. The van der Waals surface area contributed by atoms with E-state index in [2.05, 4.69) is 24.6 Å². The van der Waals surface area contributed by atoms with Crippen LogP contribution in [0.5, 0.6) is 0 Å². The van der Waals surface area contributed by atoms with Crippen molar-refractivity contribution < 1.29 is 26.2 Å². The highest BCUT2D eigenvalue weighted by atomic mass is 35.5. The van der Waals surface area contributed by atoms with Gasteiger partial charge in [-0.05, 0) is 17.7 Å². The summed E-state index contributed by atoms with van der Waals surface area (Å²) in [6.07, 6.45) is -2.74. The molecule has 0 bridgehead atoms. The monoisotopic (exact) mass is 396 g/mol. The number of pyridine rings is 1. The van der Waals surface area contributed by atoms with Crippen molar-refractivity contribution >= 4 is 34.6 Å². The number of nitrogens with one attached hydrogen (secondary N) is 1. The fourth-order valence-corrected chi connectivity index (χ4v) is 2.25. The topological polar surface area (TPSA) is 103 Å². The van der Waals surface area contributed by atoms with E-state index < -0.39 is 28.9 Å². The first-order chi connectivity index (χ1) is 11.7. The fourth-order valence-electron chi connectivity index (χ4n) is 1.86. The molecule has 1 atom stereocenters. The zero-order valence-corrected chi connectivity index (χ0v) is 14.0. The van der Waals surface area contributed by atoms with Crippen LogP contribution in [-0.4, -0.2) is 30.8 Å². The Morgan fingerprint density at radius 1 is 1.44 bits per heavy atom. The minimum atomic E-state index is -4.68. The van der Waals surface area contributed by atoms with Crippen LogP contribution in [0.1, 0.15) is 11.1 Å². The summed E-state index contributed by atoms with van der Waals surface area (Å²) in [6, 6.07) is 3.05. The van der Waals surface area contributed by atoms with Gasteiger partial charge in [-0.25, -0.2) is 24.2 Å². The number of alkyl halides is 3. The average Bonchev–Trinajstić information content (AvgIpc) is 2.51. The van der Waals surface area contributed by atoms with Gasteiger partial charge in [0, 0.05) is 31.5 Å². The molecule has 2 rings (SSSR count). The number of nitrogens with zero attached hydrogens (tertiary/aromatic N) is 4. The molecule has 13 heteroatoms. The molecule has 1 unspecified atom stereocenters. The fraction of sp³-hybridized carbons (Fsp3) is 0.250. The SMILES string of the molecule is CN(OS(=O)[O-])c1ncccc1CNc1nc(Cl)ncc1C(F)(F)F. The summed E-state index contributed by atoms with van der Waals surface area (Å²) in [6.45, 7) is -0.154. The lowest BCUT2D eigenvalue weighted by molar-refractivity contribution is -0.137. The highest BCUT2D eigenvalue weighted by Crippen LogP contribution is 2.34. The largest absolute Gasteiger partial charge is 0.748 e. The van der Waals surface area contributed by atoms with Gasteiger partial charge in [0.25, 0.3) is 0 Å².